The van der Waals surface area contributed by atoms with E-state index in [1.807, 2.05) is 32.0 Å². The van der Waals surface area contributed by atoms with Crippen LogP contribution in [0.1, 0.15) is 49.3 Å². The largest absolute Gasteiger partial charge is 0.489 e. The molecule has 0 amide bonds. The van der Waals surface area contributed by atoms with Gasteiger partial charge in [-0.2, -0.15) is 4.98 Å². The standard InChI is InChI=1S/C27H34ClN5O/c1-18(2)34-25-16-22(21-10-12-29-13-11-21)19(3)15-24(25)32-27-31-17-23(28)26(33-27)30-14-9-20-7-5-4-6-8-20/h4-8,15-18,21,29H,9-14H2,1-3H3,(H2,30,31,32,33). The molecule has 2 heterocycles. The first-order chi connectivity index (χ1) is 16.5. The van der Waals surface area contributed by atoms with Gasteiger partial charge in [0.1, 0.15) is 10.8 Å². The summed E-state index contributed by atoms with van der Waals surface area (Å²) in [6.07, 6.45) is 4.86. The lowest BCUT2D eigenvalue weighted by Crippen LogP contribution is -2.27. The topological polar surface area (TPSA) is 71.1 Å². The van der Waals surface area contributed by atoms with Crippen LogP contribution in [0.4, 0.5) is 17.5 Å². The molecule has 0 bridgehead atoms. The van der Waals surface area contributed by atoms with Crippen molar-refractivity contribution in [3.05, 3.63) is 70.4 Å². The zero-order valence-corrected chi connectivity index (χ0v) is 21.0. The Bertz CT molecular complexity index is 1080. The van der Waals surface area contributed by atoms with E-state index < -0.39 is 0 Å². The van der Waals surface area contributed by atoms with Crippen LogP contribution in [0, 0.1) is 6.92 Å². The normalized spacial score (nSPS) is 14.3. The number of benzene rings is 2. The van der Waals surface area contributed by atoms with Gasteiger partial charge in [0.2, 0.25) is 5.95 Å². The molecule has 180 valence electrons. The van der Waals surface area contributed by atoms with Crippen molar-refractivity contribution in [2.75, 3.05) is 30.3 Å². The molecule has 1 aromatic heterocycles. The van der Waals surface area contributed by atoms with E-state index in [-0.39, 0.29) is 6.10 Å². The summed E-state index contributed by atoms with van der Waals surface area (Å²) < 4.78 is 6.20. The number of halogens is 1. The van der Waals surface area contributed by atoms with Crippen LogP contribution in [0.25, 0.3) is 0 Å². The quantitative estimate of drug-likeness (QED) is 0.345. The van der Waals surface area contributed by atoms with Crippen molar-refractivity contribution in [1.82, 2.24) is 15.3 Å². The Hall–Kier alpha value is -2.83. The first-order valence-electron chi connectivity index (χ1n) is 12.1. The third-order valence-corrected chi connectivity index (χ3v) is 6.33. The summed E-state index contributed by atoms with van der Waals surface area (Å²) in [6, 6.07) is 14.7. The molecule has 0 unspecified atom stereocenters. The molecule has 4 rings (SSSR count). The highest BCUT2D eigenvalue weighted by molar-refractivity contribution is 6.32. The predicted molar refractivity (Wildman–Crippen MR) is 141 cm³/mol. The maximum Gasteiger partial charge on any atom is 0.229 e. The highest BCUT2D eigenvalue weighted by Crippen LogP contribution is 2.37. The number of rotatable bonds is 9. The van der Waals surface area contributed by atoms with Crippen LogP contribution in [-0.2, 0) is 6.42 Å². The summed E-state index contributed by atoms with van der Waals surface area (Å²) in [6.45, 7) is 9.10. The van der Waals surface area contributed by atoms with Gasteiger partial charge in [-0.3, -0.25) is 0 Å². The van der Waals surface area contributed by atoms with Crippen LogP contribution in [0.3, 0.4) is 0 Å². The molecule has 0 atom stereocenters. The molecule has 3 aromatic rings. The molecular formula is C27H34ClN5O. The van der Waals surface area contributed by atoms with Crippen LogP contribution in [0.15, 0.2) is 48.7 Å². The summed E-state index contributed by atoms with van der Waals surface area (Å²) in [4.78, 5) is 9.04. The molecule has 0 spiro atoms. The Morgan fingerprint density at radius 2 is 1.91 bits per heavy atom. The van der Waals surface area contributed by atoms with Gasteiger partial charge in [0.25, 0.3) is 0 Å². The second-order valence-corrected chi connectivity index (χ2v) is 9.48. The van der Waals surface area contributed by atoms with Gasteiger partial charge in [0.05, 0.1) is 18.0 Å². The number of piperidine rings is 1. The Morgan fingerprint density at radius 3 is 2.65 bits per heavy atom. The molecule has 0 saturated carbocycles. The molecule has 0 radical (unpaired) electrons. The van der Waals surface area contributed by atoms with Gasteiger partial charge in [-0.25, -0.2) is 4.98 Å². The molecule has 0 aliphatic carbocycles. The van der Waals surface area contributed by atoms with E-state index in [4.69, 9.17) is 16.3 Å². The van der Waals surface area contributed by atoms with Crippen molar-refractivity contribution in [1.29, 1.82) is 0 Å². The number of aromatic nitrogens is 2. The van der Waals surface area contributed by atoms with Crippen LogP contribution in [0.2, 0.25) is 5.02 Å². The molecule has 2 aromatic carbocycles. The second-order valence-electron chi connectivity index (χ2n) is 9.07. The molecule has 34 heavy (non-hydrogen) atoms. The van der Waals surface area contributed by atoms with Crippen molar-refractivity contribution in [2.45, 2.75) is 52.1 Å². The summed E-state index contributed by atoms with van der Waals surface area (Å²) >= 11 is 6.37. The van der Waals surface area contributed by atoms with E-state index in [9.17, 15) is 0 Å². The summed E-state index contributed by atoms with van der Waals surface area (Å²) in [5.74, 6) is 2.47. The minimum atomic E-state index is 0.0606. The van der Waals surface area contributed by atoms with Crippen LogP contribution in [0.5, 0.6) is 5.75 Å². The number of nitrogens with one attached hydrogen (secondary N) is 3. The lowest BCUT2D eigenvalue weighted by molar-refractivity contribution is 0.243. The van der Waals surface area contributed by atoms with Gasteiger partial charge in [0.15, 0.2) is 5.82 Å². The Morgan fingerprint density at radius 1 is 1.15 bits per heavy atom. The fourth-order valence-electron chi connectivity index (χ4n) is 4.37. The highest BCUT2D eigenvalue weighted by atomic mass is 35.5. The minimum absolute atomic E-state index is 0.0606. The molecule has 7 heteroatoms. The van der Waals surface area contributed by atoms with E-state index in [0.717, 1.165) is 50.3 Å². The maximum absolute atomic E-state index is 6.37. The zero-order chi connectivity index (χ0) is 23.9. The van der Waals surface area contributed by atoms with Crippen LogP contribution >= 0.6 is 11.6 Å². The van der Waals surface area contributed by atoms with Crippen molar-refractivity contribution in [3.63, 3.8) is 0 Å². The van der Waals surface area contributed by atoms with Gasteiger partial charge in [0, 0.05) is 6.54 Å². The molecule has 3 N–H and O–H groups in total. The Balaban J connectivity index is 1.52. The number of ether oxygens (including phenoxy) is 1. The second kappa shape index (κ2) is 11.5. The first-order valence-corrected chi connectivity index (χ1v) is 12.5. The molecular weight excluding hydrogens is 446 g/mol. The smallest absolute Gasteiger partial charge is 0.229 e. The summed E-state index contributed by atoms with van der Waals surface area (Å²) in [5.41, 5.74) is 4.74. The van der Waals surface area contributed by atoms with Crippen molar-refractivity contribution < 1.29 is 4.74 Å². The lowest BCUT2D eigenvalue weighted by atomic mass is 9.87. The van der Waals surface area contributed by atoms with Gasteiger partial charge in [-0.15, -0.1) is 0 Å². The third kappa shape index (κ3) is 6.39. The molecule has 1 saturated heterocycles. The minimum Gasteiger partial charge on any atom is -0.489 e. The average molecular weight is 480 g/mol. The van der Waals surface area contributed by atoms with E-state index in [2.05, 4.69) is 57.1 Å². The van der Waals surface area contributed by atoms with Crippen molar-refractivity contribution in [3.8, 4) is 5.75 Å². The average Bonchev–Trinajstić information content (AvgIpc) is 2.83. The molecule has 1 aliphatic heterocycles. The van der Waals surface area contributed by atoms with E-state index >= 15 is 0 Å². The molecule has 1 aliphatic rings. The Labute approximate surface area is 207 Å². The predicted octanol–water partition coefficient (Wildman–Crippen LogP) is 6.09. The van der Waals surface area contributed by atoms with Crippen molar-refractivity contribution >= 4 is 29.1 Å². The third-order valence-electron chi connectivity index (χ3n) is 6.05. The number of anilines is 3. The molecule has 6 nitrogen and oxygen atoms in total. The number of nitrogens with zero attached hydrogens (tertiary/aromatic N) is 2. The fourth-order valence-corrected chi connectivity index (χ4v) is 4.53. The number of aryl methyl sites for hydroxylation is 1. The molecule has 1 fully saturated rings. The number of hydrogen-bond acceptors (Lipinski definition) is 6. The van der Waals surface area contributed by atoms with E-state index in [1.54, 1.807) is 6.20 Å². The van der Waals surface area contributed by atoms with Gasteiger partial charge >= 0.3 is 0 Å². The Kier molecular flexibility index (Phi) is 8.25. The highest BCUT2D eigenvalue weighted by Gasteiger charge is 2.20. The SMILES string of the molecule is Cc1cc(Nc2ncc(Cl)c(NCCc3ccccc3)n2)c(OC(C)C)cc1C1CCNCC1. The van der Waals surface area contributed by atoms with Gasteiger partial charge in [-0.1, -0.05) is 41.9 Å². The van der Waals surface area contributed by atoms with E-state index in [0.29, 0.717) is 22.7 Å². The van der Waals surface area contributed by atoms with Crippen LogP contribution in [-0.4, -0.2) is 35.7 Å². The monoisotopic (exact) mass is 479 g/mol. The van der Waals surface area contributed by atoms with Gasteiger partial charge < -0.3 is 20.7 Å². The van der Waals surface area contributed by atoms with Gasteiger partial charge in [-0.05, 0) is 87.9 Å². The summed E-state index contributed by atoms with van der Waals surface area (Å²) in [7, 11) is 0. The van der Waals surface area contributed by atoms with Crippen molar-refractivity contribution in [2.24, 2.45) is 0 Å². The fraction of sp³-hybridized carbons (Fsp3) is 0.407. The first kappa shape index (κ1) is 24.3. The number of hydrogen-bond donors (Lipinski definition) is 3. The van der Waals surface area contributed by atoms with Crippen LogP contribution < -0.4 is 20.7 Å². The lowest BCUT2D eigenvalue weighted by Gasteiger charge is -2.26. The summed E-state index contributed by atoms with van der Waals surface area (Å²) in [5, 5.41) is 10.7. The van der Waals surface area contributed by atoms with E-state index in [1.165, 1.54) is 16.7 Å². The maximum atomic E-state index is 6.37. The zero-order valence-electron chi connectivity index (χ0n) is 20.2.